The molecule has 4 heteroatoms. The molecule has 1 aliphatic carbocycles. The minimum Gasteiger partial charge on any atom is -0.387 e. The molecule has 1 aliphatic rings. The molecule has 17 heavy (non-hydrogen) atoms. The third-order valence-corrected chi connectivity index (χ3v) is 4.86. The number of nitrogens with zero attached hydrogens (tertiary/aromatic N) is 1. The van der Waals surface area contributed by atoms with Crippen molar-refractivity contribution in [3.05, 3.63) is 16.1 Å². The summed E-state index contributed by atoms with van der Waals surface area (Å²) in [7, 11) is 1.78. The summed E-state index contributed by atoms with van der Waals surface area (Å²) in [5, 5.41) is 12.5. The van der Waals surface area contributed by atoms with E-state index in [9.17, 15) is 5.11 Å². The van der Waals surface area contributed by atoms with Crippen LogP contribution in [0.2, 0.25) is 0 Å². The number of ether oxygens (including phenoxy) is 1. The zero-order chi connectivity index (χ0) is 12.5. The van der Waals surface area contributed by atoms with E-state index in [1.807, 2.05) is 5.38 Å². The van der Waals surface area contributed by atoms with Crippen molar-refractivity contribution in [2.24, 2.45) is 5.92 Å². The fourth-order valence-electron chi connectivity index (χ4n) is 2.42. The van der Waals surface area contributed by atoms with E-state index in [1.165, 1.54) is 12.8 Å². The van der Waals surface area contributed by atoms with Gasteiger partial charge in [0, 0.05) is 12.5 Å². The van der Waals surface area contributed by atoms with E-state index >= 15 is 0 Å². The Morgan fingerprint density at radius 1 is 1.53 bits per heavy atom. The maximum atomic E-state index is 9.54. The second-order valence-corrected chi connectivity index (χ2v) is 5.99. The molecule has 1 atom stereocenters. The zero-order valence-corrected chi connectivity index (χ0v) is 11.6. The lowest BCUT2D eigenvalue weighted by molar-refractivity contribution is -0.0533. The maximum Gasteiger partial charge on any atom is 0.125 e. The standard InChI is InChI=1S/C13H21NO2S/c1-9-4-6-13(16-3,7-5-9)12-14-11(8-17-12)10(2)15/h8-10,15H,4-7H2,1-3H3. The van der Waals surface area contributed by atoms with Gasteiger partial charge in [-0.3, -0.25) is 0 Å². The van der Waals surface area contributed by atoms with Crippen LogP contribution in [0.4, 0.5) is 0 Å². The van der Waals surface area contributed by atoms with E-state index in [0.29, 0.717) is 0 Å². The second-order valence-electron chi connectivity index (χ2n) is 5.13. The highest BCUT2D eigenvalue weighted by Crippen LogP contribution is 2.43. The Morgan fingerprint density at radius 2 is 2.18 bits per heavy atom. The summed E-state index contributed by atoms with van der Waals surface area (Å²) in [5.41, 5.74) is 0.560. The van der Waals surface area contributed by atoms with Gasteiger partial charge >= 0.3 is 0 Å². The van der Waals surface area contributed by atoms with E-state index in [4.69, 9.17) is 4.74 Å². The molecule has 0 spiro atoms. The number of aromatic nitrogens is 1. The number of thiazole rings is 1. The third kappa shape index (κ3) is 2.54. The first-order valence-corrected chi connectivity index (χ1v) is 7.14. The van der Waals surface area contributed by atoms with Crippen LogP contribution in [0.1, 0.15) is 56.3 Å². The van der Waals surface area contributed by atoms with Crippen molar-refractivity contribution >= 4 is 11.3 Å². The number of hydrogen-bond acceptors (Lipinski definition) is 4. The first kappa shape index (κ1) is 13.0. The average molecular weight is 255 g/mol. The quantitative estimate of drug-likeness (QED) is 0.901. The molecule has 96 valence electrons. The maximum absolute atomic E-state index is 9.54. The molecule has 1 saturated carbocycles. The predicted molar refractivity (Wildman–Crippen MR) is 69.1 cm³/mol. The Bertz CT molecular complexity index is 367. The number of rotatable bonds is 3. The van der Waals surface area contributed by atoms with Crippen molar-refractivity contribution in [2.75, 3.05) is 7.11 Å². The third-order valence-electron chi connectivity index (χ3n) is 3.81. The summed E-state index contributed by atoms with van der Waals surface area (Å²) in [6.07, 6.45) is 3.97. The van der Waals surface area contributed by atoms with Gasteiger partial charge in [0.1, 0.15) is 10.6 Å². The van der Waals surface area contributed by atoms with Crippen LogP contribution in [0.5, 0.6) is 0 Å². The highest BCUT2D eigenvalue weighted by Gasteiger charge is 2.38. The first-order chi connectivity index (χ1) is 8.07. The van der Waals surface area contributed by atoms with Crippen LogP contribution in [0.25, 0.3) is 0 Å². The number of methoxy groups -OCH3 is 1. The van der Waals surface area contributed by atoms with Gasteiger partial charge in [-0.1, -0.05) is 6.92 Å². The predicted octanol–water partition coefficient (Wildman–Crippen LogP) is 3.25. The molecule has 3 nitrogen and oxygen atoms in total. The highest BCUT2D eigenvalue weighted by molar-refractivity contribution is 7.09. The molecule has 1 aromatic rings. The Labute approximate surface area is 107 Å². The van der Waals surface area contributed by atoms with E-state index in [1.54, 1.807) is 25.4 Å². The molecular weight excluding hydrogens is 234 g/mol. The lowest BCUT2D eigenvalue weighted by Crippen LogP contribution is -2.33. The molecule has 0 bridgehead atoms. The highest BCUT2D eigenvalue weighted by atomic mass is 32.1. The number of aliphatic hydroxyl groups is 1. The minimum absolute atomic E-state index is 0.204. The summed E-state index contributed by atoms with van der Waals surface area (Å²) in [6.45, 7) is 4.05. The molecule has 1 fully saturated rings. The Morgan fingerprint density at radius 3 is 2.65 bits per heavy atom. The summed E-state index contributed by atoms with van der Waals surface area (Å²) < 4.78 is 5.77. The second kappa shape index (κ2) is 5.04. The summed E-state index contributed by atoms with van der Waals surface area (Å²) >= 11 is 1.61. The molecule has 0 amide bonds. The van der Waals surface area contributed by atoms with Crippen LogP contribution < -0.4 is 0 Å². The smallest absolute Gasteiger partial charge is 0.125 e. The fourth-order valence-corrected chi connectivity index (χ4v) is 3.56. The lowest BCUT2D eigenvalue weighted by atomic mass is 9.80. The van der Waals surface area contributed by atoms with Gasteiger partial charge in [-0.15, -0.1) is 11.3 Å². The van der Waals surface area contributed by atoms with Gasteiger partial charge in [0.2, 0.25) is 0 Å². The fraction of sp³-hybridized carbons (Fsp3) is 0.769. The van der Waals surface area contributed by atoms with Crippen molar-refractivity contribution in [3.8, 4) is 0 Å². The van der Waals surface area contributed by atoms with Gasteiger partial charge in [0.15, 0.2) is 0 Å². The number of hydrogen-bond donors (Lipinski definition) is 1. The molecule has 0 saturated heterocycles. The van der Waals surface area contributed by atoms with Crippen molar-refractivity contribution in [3.63, 3.8) is 0 Å². The topological polar surface area (TPSA) is 42.4 Å². The monoisotopic (exact) mass is 255 g/mol. The van der Waals surface area contributed by atoms with Crippen LogP contribution in [0, 0.1) is 5.92 Å². The van der Waals surface area contributed by atoms with Crippen LogP contribution in [0.15, 0.2) is 5.38 Å². The zero-order valence-electron chi connectivity index (χ0n) is 10.8. The van der Waals surface area contributed by atoms with Crippen molar-refractivity contribution in [2.45, 2.75) is 51.2 Å². The van der Waals surface area contributed by atoms with E-state index < -0.39 is 6.10 Å². The SMILES string of the molecule is COC1(c2nc(C(C)O)cs2)CCC(C)CC1. The normalized spacial score (nSPS) is 31.4. The largest absolute Gasteiger partial charge is 0.387 e. The van der Waals surface area contributed by atoms with Crippen LogP contribution >= 0.6 is 11.3 Å². The van der Waals surface area contributed by atoms with Gasteiger partial charge in [0.05, 0.1) is 11.8 Å². The van der Waals surface area contributed by atoms with E-state index in [2.05, 4.69) is 11.9 Å². The van der Waals surface area contributed by atoms with E-state index in [-0.39, 0.29) is 5.60 Å². The summed E-state index contributed by atoms with van der Waals surface area (Å²) in [5.74, 6) is 0.787. The Kier molecular flexibility index (Phi) is 3.85. The van der Waals surface area contributed by atoms with E-state index in [0.717, 1.165) is 29.5 Å². The van der Waals surface area contributed by atoms with Crippen molar-refractivity contribution < 1.29 is 9.84 Å². The summed E-state index contributed by atoms with van der Waals surface area (Å²) in [4.78, 5) is 4.54. The Hall–Kier alpha value is -0.450. The minimum atomic E-state index is -0.489. The van der Waals surface area contributed by atoms with Crippen molar-refractivity contribution in [1.29, 1.82) is 0 Å². The lowest BCUT2D eigenvalue weighted by Gasteiger charge is -2.36. The van der Waals surface area contributed by atoms with Crippen molar-refractivity contribution in [1.82, 2.24) is 4.98 Å². The van der Waals surface area contributed by atoms with Crippen LogP contribution in [-0.2, 0) is 10.3 Å². The summed E-state index contributed by atoms with van der Waals surface area (Å²) in [6, 6.07) is 0. The molecule has 0 radical (unpaired) electrons. The van der Waals surface area contributed by atoms with Gasteiger partial charge in [0.25, 0.3) is 0 Å². The molecule has 0 aromatic carbocycles. The molecule has 0 aliphatic heterocycles. The number of aliphatic hydroxyl groups excluding tert-OH is 1. The van der Waals surface area contributed by atoms with Gasteiger partial charge in [-0.05, 0) is 38.5 Å². The first-order valence-electron chi connectivity index (χ1n) is 6.26. The van der Waals surface area contributed by atoms with Crippen LogP contribution in [0.3, 0.4) is 0 Å². The molecule has 1 N–H and O–H groups in total. The molecule has 1 aromatic heterocycles. The molecule has 2 rings (SSSR count). The van der Waals surface area contributed by atoms with Crippen LogP contribution in [-0.4, -0.2) is 17.2 Å². The Balaban J connectivity index is 2.22. The molecule has 1 unspecified atom stereocenters. The average Bonchev–Trinajstić information content (AvgIpc) is 2.81. The molecule has 1 heterocycles. The molecular formula is C13H21NO2S. The van der Waals surface area contributed by atoms with Gasteiger partial charge in [-0.25, -0.2) is 4.98 Å². The van der Waals surface area contributed by atoms with Gasteiger partial charge < -0.3 is 9.84 Å². The van der Waals surface area contributed by atoms with Gasteiger partial charge in [-0.2, -0.15) is 0 Å².